The van der Waals surface area contributed by atoms with Gasteiger partial charge in [-0.15, -0.1) is 0 Å². The van der Waals surface area contributed by atoms with E-state index in [4.69, 9.17) is 5.11 Å². The minimum absolute atomic E-state index is 0.0140. The quantitative estimate of drug-likeness (QED) is 0.583. The van der Waals surface area contributed by atoms with Crippen molar-refractivity contribution in [1.82, 2.24) is 10.6 Å². The van der Waals surface area contributed by atoms with Crippen molar-refractivity contribution < 1.29 is 19.8 Å². The number of benzene rings is 2. The minimum Gasteiger partial charge on any atom is -0.508 e. The number of carboxylic acids is 1. The number of phenols is 1. The Morgan fingerprint density at radius 3 is 2.42 bits per heavy atom. The molecule has 1 unspecified atom stereocenters. The van der Waals surface area contributed by atoms with E-state index in [2.05, 4.69) is 10.6 Å². The monoisotopic (exact) mass is 356 g/mol. The van der Waals surface area contributed by atoms with E-state index >= 15 is 0 Å². The summed E-state index contributed by atoms with van der Waals surface area (Å²) in [4.78, 5) is 23.2. The van der Waals surface area contributed by atoms with Crippen molar-refractivity contribution in [3.8, 4) is 5.75 Å². The molecule has 138 valence electrons. The topological polar surface area (TPSA) is 98.7 Å². The molecular formula is C20H24N2O4. The van der Waals surface area contributed by atoms with E-state index in [0.29, 0.717) is 12.8 Å². The average molecular weight is 356 g/mol. The maximum atomic E-state index is 12.3. The Kier molecular flexibility index (Phi) is 7.02. The number of aromatic hydroxyl groups is 1. The first kappa shape index (κ1) is 19.3. The Labute approximate surface area is 152 Å². The third-order valence-corrected chi connectivity index (χ3v) is 4.08. The summed E-state index contributed by atoms with van der Waals surface area (Å²) in [5.41, 5.74) is 1.81. The fraction of sp³-hybridized carbons (Fsp3) is 0.300. The largest absolute Gasteiger partial charge is 0.508 e. The van der Waals surface area contributed by atoms with Crippen LogP contribution in [-0.2, 0) is 11.2 Å². The number of carboxylic acid groups (broad SMARTS) is 1. The number of carbonyl (C=O) groups excluding carboxylic acids is 1. The predicted octanol–water partition coefficient (Wildman–Crippen LogP) is 3.23. The van der Waals surface area contributed by atoms with E-state index in [1.807, 2.05) is 43.3 Å². The first-order valence-electron chi connectivity index (χ1n) is 8.55. The summed E-state index contributed by atoms with van der Waals surface area (Å²) >= 11 is 0. The van der Waals surface area contributed by atoms with Gasteiger partial charge in [0.25, 0.3) is 0 Å². The summed E-state index contributed by atoms with van der Waals surface area (Å²) in [6, 6.07) is 15.4. The molecule has 0 fully saturated rings. The lowest BCUT2D eigenvalue weighted by Gasteiger charge is -2.21. The van der Waals surface area contributed by atoms with Crippen molar-refractivity contribution >= 4 is 12.0 Å². The molecule has 2 rings (SSSR count). The molecule has 2 amide bonds. The zero-order chi connectivity index (χ0) is 18.9. The van der Waals surface area contributed by atoms with Gasteiger partial charge in [0.2, 0.25) is 0 Å². The fourth-order valence-corrected chi connectivity index (χ4v) is 2.72. The van der Waals surface area contributed by atoms with E-state index < -0.39 is 5.97 Å². The molecule has 0 spiro atoms. The number of urea groups is 1. The normalized spacial score (nSPS) is 12.8. The van der Waals surface area contributed by atoms with Crippen LogP contribution in [0, 0.1) is 0 Å². The zero-order valence-electron chi connectivity index (χ0n) is 14.7. The number of hydrogen-bond donors (Lipinski definition) is 4. The van der Waals surface area contributed by atoms with Crippen LogP contribution in [0.15, 0.2) is 54.6 Å². The summed E-state index contributed by atoms with van der Waals surface area (Å²) in [6.45, 7) is 1.82. The molecule has 0 aliphatic carbocycles. The minimum atomic E-state index is -0.890. The number of aliphatic carboxylic acids is 1. The number of hydrogen-bond acceptors (Lipinski definition) is 3. The molecule has 2 atom stereocenters. The third-order valence-electron chi connectivity index (χ3n) is 4.08. The van der Waals surface area contributed by atoms with Gasteiger partial charge in [-0.1, -0.05) is 42.5 Å². The van der Waals surface area contributed by atoms with Gasteiger partial charge in [-0.25, -0.2) is 4.79 Å². The highest BCUT2D eigenvalue weighted by molar-refractivity contribution is 5.75. The van der Waals surface area contributed by atoms with Crippen LogP contribution in [0.4, 0.5) is 4.79 Å². The van der Waals surface area contributed by atoms with Gasteiger partial charge in [-0.2, -0.15) is 0 Å². The molecule has 0 radical (unpaired) electrons. The van der Waals surface area contributed by atoms with Crippen molar-refractivity contribution in [2.45, 2.75) is 38.3 Å². The molecule has 0 heterocycles. The Bertz CT molecular complexity index is 734. The van der Waals surface area contributed by atoms with Gasteiger partial charge < -0.3 is 20.8 Å². The van der Waals surface area contributed by atoms with Crippen LogP contribution in [-0.4, -0.2) is 28.3 Å². The zero-order valence-corrected chi connectivity index (χ0v) is 14.7. The molecule has 6 nitrogen and oxygen atoms in total. The van der Waals surface area contributed by atoms with Crippen LogP contribution in [0.5, 0.6) is 5.75 Å². The average Bonchev–Trinajstić information content (AvgIpc) is 2.60. The van der Waals surface area contributed by atoms with Crippen LogP contribution in [0.1, 0.15) is 36.9 Å². The van der Waals surface area contributed by atoms with Gasteiger partial charge in [0, 0.05) is 12.5 Å². The smallest absolute Gasteiger partial charge is 0.315 e. The molecule has 0 saturated carbocycles. The number of carbonyl (C=O) groups is 2. The molecule has 2 aromatic carbocycles. The molecule has 6 heteroatoms. The van der Waals surface area contributed by atoms with E-state index in [9.17, 15) is 14.7 Å². The van der Waals surface area contributed by atoms with E-state index in [-0.39, 0.29) is 30.3 Å². The highest BCUT2D eigenvalue weighted by Gasteiger charge is 2.16. The van der Waals surface area contributed by atoms with Gasteiger partial charge in [-0.05, 0) is 43.0 Å². The molecule has 4 N–H and O–H groups in total. The Morgan fingerprint density at radius 2 is 1.77 bits per heavy atom. The van der Waals surface area contributed by atoms with Gasteiger partial charge in [0.15, 0.2) is 0 Å². The molecule has 0 aliphatic rings. The lowest BCUT2D eigenvalue weighted by molar-refractivity contribution is -0.137. The maximum Gasteiger partial charge on any atom is 0.315 e. The second-order valence-electron chi connectivity index (χ2n) is 6.25. The Balaban J connectivity index is 1.96. The van der Waals surface area contributed by atoms with Crippen molar-refractivity contribution in [3.63, 3.8) is 0 Å². The van der Waals surface area contributed by atoms with Crippen molar-refractivity contribution in [2.75, 3.05) is 0 Å². The highest BCUT2D eigenvalue weighted by atomic mass is 16.4. The van der Waals surface area contributed by atoms with E-state index in [1.54, 1.807) is 18.2 Å². The molecule has 0 aliphatic heterocycles. The Morgan fingerprint density at radius 1 is 1.04 bits per heavy atom. The van der Waals surface area contributed by atoms with Gasteiger partial charge in [0.1, 0.15) is 5.75 Å². The number of nitrogens with one attached hydrogen (secondary N) is 2. The van der Waals surface area contributed by atoms with Crippen LogP contribution in [0.25, 0.3) is 0 Å². The summed E-state index contributed by atoms with van der Waals surface area (Å²) in [6.07, 6.45) is 0.889. The summed E-state index contributed by atoms with van der Waals surface area (Å²) in [5, 5.41) is 24.2. The maximum absolute atomic E-state index is 12.3. The Hall–Kier alpha value is -3.02. The predicted molar refractivity (Wildman–Crippen MR) is 99.0 cm³/mol. The molecule has 0 aromatic heterocycles. The van der Waals surface area contributed by atoms with Crippen LogP contribution in [0.3, 0.4) is 0 Å². The summed E-state index contributed by atoms with van der Waals surface area (Å²) in [7, 11) is 0. The second-order valence-corrected chi connectivity index (χ2v) is 6.25. The first-order chi connectivity index (χ1) is 12.4. The molecular weight excluding hydrogens is 332 g/mol. The van der Waals surface area contributed by atoms with Gasteiger partial charge in [0.05, 0.1) is 6.04 Å². The molecule has 2 aromatic rings. The highest BCUT2D eigenvalue weighted by Crippen LogP contribution is 2.17. The lowest BCUT2D eigenvalue weighted by Crippen LogP contribution is -2.44. The van der Waals surface area contributed by atoms with Crippen LogP contribution < -0.4 is 10.6 Å². The SMILES string of the molecule is C[C@@H](NC(=O)NC(CCC(=O)O)Cc1ccccc1)c1cccc(O)c1. The van der Waals surface area contributed by atoms with Crippen molar-refractivity contribution in [1.29, 1.82) is 0 Å². The van der Waals surface area contributed by atoms with Crippen molar-refractivity contribution in [3.05, 3.63) is 65.7 Å². The standard InChI is InChI=1S/C20H24N2O4/c1-14(16-8-5-9-18(23)13-16)21-20(26)22-17(10-11-19(24)25)12-15-6-3-2-4-7-15/h2-9,13-14,17,23H,10-12H2,1H3,(H,24,25)(H2,21,22,26)/t14-,17?/m1/s1. The second kappa shape index (κ2) is 9.46. The van der Waals surface area contributed by atoms with Crippen LogP contribution in [0.2, 0.25) is 0 Å². The molecule has 0 saturated heterocycles. The lowest BCUT2D eigenvalue weighted by atomic mass is 10.0. The van der Waals surface area contributed by atoms with Crippen molar-refractivity contribution in [2.24, 2.45) is 0 Å². The van der Waals surface area contributed by atoms with Gasteiger partial charge >= 0.3 is 12.0 Å². The third kappa shape index (κ3) is 6.47. The number of rotatable bonds is 8. The van der Waals surface area contributed by atoms with E-state index in [0.717, 1.165) is 11.1 Å². The molecule has 26 heavy (non-hydrogen) atoms. The van der Waals surface area contributed by atoms with Gasteiger partial charge in [-0.3, -0.25) is 4.79 Å². The summed E-state index contributed by atoms with van der Waals surface area (Å²) < 4.78 is 0. The molecule has 0 bridgehead atoms. The number of phenolic OH excluding ortho intramolecular Hbond substituents is 1. The fourth-order valence-electron chi connectivity index (χ4n) is 2.72. The summed E-state index contributed by atoms with van der Waals surface area (Å²) in [5.74, 6) is -0.752. The number of amides is 2. The van der Waals surface area contributed by atoms with Crippen LogP contribution >= 0.6 is 0 Å². The first-order valence-corrected chi connectivity index (χ1v) is 8.55. The van der Waals surface area contributed by atoms with E-state index in [1.165, 1.54) is 0 Å².